The molecular formula is C10H22O4S2. The molecule has 1 unspecified atom stereocenters. The van der Waals surface area contributed by atoms with Crippen molar-refractivity contribution in [3.05, 3.63) is 0 Å². The van der Waals surface area contributed by atoms with Crippen LogP contribution < -0.4 is 0 Å². The highest BCUT2D eigenvalue weighted by molar-refractivity contribution is 8.00. The van der Waals surface area contributed by atoms with Gasteiger partial charge in [0.2, 0.25) is 0 Å². The maximum atomic E-state index is 10.8. The van der Waals surface area contributed by atoms with Gasteiger partial charge < -0.3 is 9.84 Å². The van der Waals surface area contributed by atoms with Crippen molar-refractivity contribution in [2.45, 2.75) is 25.9 Å². The van der Waals surface area contributed by atoms with Gasteiger partial charge in [-0.15, -0.1) is 0 Å². The van der Waals surface area contributed by atoms with Gasteiger partial charge in [-0.05, 0) is 6.42 Å². The fraction of sp³-hybridized carbons (Fsp3) is 1.00. The van der Waals surface area contributed by atoms with Crippen LogP contribution in [0.25, 0.3) is 0 Å². The van der Waals surface area contributed by atoms with Crippen LogP contribution in [0.5, 0.6) is 0 Å². The van der Waals surface area contributed by atoms with Crippen LogP contribution in [0.3, 0.4) is 0 Å². The molecule has 0 bridgehead atoms. The fourth-order valence-electron chi connectivity index (χ4n) is 0.944. The van der Waals surface area contributed by atoms with E-state index in [2.05, 4.69) is 6.92 Å². The van der Waals surface area contributed by atoms with Crippen molar-refractivity contribution in [1.29, 1.82) is 0 Å². The zero-order valence-electron chi connectivity index (χ0n) is 10.0. The number of ether oxygens (including phenoxy) is 1. The van der Waals surface area contributed by atoms with Gasteiger partial charge in [0.05, 0.1) is 18.5 Å². The summed E-state index contributed by atoms with van der Waals surface area (Å²) in [7, 11) is -2.88. The minimum Gasteiger partial charge on any atom is -0.390 e. The molecule has 0 fully saturated rings. The van der Waals surface area contributed by atoms with Crippen LogP contribution in [0, 0.1) is 0 Å². The van der Waals surface area contributed by atoms with Crippen LogP contribution in [0.15, 0.2) is 0 Å². The number of aliphatic hydroxyl groups is 1. The topological polar surface area (TPSA) is 63.6 Å². The predicted molar refractivity (Wildman–Crippen MR) is 68.8 cm³/mol. The Hall–Kier alpha value is 0.220. The second kappa shape index (κ2) is 9.27. The summed E-state index contributed by atoms with van der Waals surface area (Å²) in [5.74, 6) is 1.23. The van der Waals surface area contributed by atoms with E-state index in [0.29, 0.717) is 24.7 Å². The molecule has 0 spiro atoms. The van der Waals surface area contributed by atoms with E-state index in [9.17, 15) is 13.5 Å². The number of unbranched alkanes of at least 4 members (excludes halogenated alkanes) is 1. The summed E-state index contributed by atoms with van der Waals surface area (Å²) >= 11 is 1.44. The summed E-state index contributed by atoms with van der Waals surface area (Å²) < 4.78 is 26.9. The Morgan fingerprint density at radius 1 is 1.44 bits per heavy atom. The van der Waals surface area contributed by atoms with Crippen LogP contribution in [-0.4, -0.2) is 56.4 Å². The van der Waals surface area contributed by atoms with E-state index in [4.69, 9.17) is 4.74 Å². The molecule has 1 atom stereocenters. The lowest BCUT2D eigenvalue weighted by molar-refractivity contribution is 0.0473. The molecule has 6 heteroatoms. The smallest absolute Gasteiger partial charge is 0.148 e. The van der Waals surface area contributed by atoms with Crippen molar-refractivity contribution < 1.29 is 18.3 Å². The first-order valence-corrected chi connectivity index (χ1v) is 8.68. The summed E-state index contributed by atoms with van der Waals surface area (Å²) in [5, 5.41) is 9.48. The number of hydrogen-bond acceptors (Lipinski definition) is 5. The van der Waals surface area contributed by atoms with E-state index in [0.717, 1.165) is 12.8 Å². The molecule has 1 N–H and O–H groups in total. The van der Waals surface area contributed by atoms with Crippen LogP contribution >= 0.6 is 11.8 Å². The SMILES string of the molecule is CCCCOCC(O)CSCCS(C)(=O)=O. The molecule has 0 heterocycles. The lowest BCUT2D eigenvalue weighted by atomic mass is 10.3. The Kier molecular flexibility index (Phi) is 9.40. The first-order chi connectivity index (χ1) is 7.45. The fourth-order valence-corrected chi connectivity index (χ4v) is 3.16. The predicted octanol–water partition coefficient (Wildman–Crippen LogP) is 0.942. The summed E-state index contributed by atoms with van der Waals surface area (Å²) in [6.45, 7) is 3.11. The van der Waals surface area contributed by atoms with Crippen molar-refractivity contribution >= 4 is 21.6 Å². The molecule has 0 aromatic heterocycles. The van der Waals surface area contributed by atoms with E-state index in [-0.39, 0.29) is 5.75 Å². The molecule has 0 aliphatic heterocycles. The maximum absolute atomic E-state index is 10.8. The standard InChI is InChI=1S/C10H22O4S2/c1-3-4-5-14-8-10(11)9-15-6-7-16(2,12)13/h10-11H,3-9H2,1-2H3. The van der Waals surface area contributed by atoms with Crippen LogP contribution in [0.4, 0.5) is 0 Å². The number of rotatable bonds is 10. The third kappa shape index (κ3) is 12.3. The molecule has 0 amide bonds. The highest BCUT2D eigenvalue weighted by Gasteiger charge is 2.06. The Morgan fingerprint density at radius 3 is 2.69 bits per heavy atom. The summed E-state index contributed by atoms with van der Waals surface area (Å²) in [4.78, 5) is 0. The van der Waals surface area contributed by atoms with Crippen LogP contribution in [0.1, 0.15) is 19.8 Å². The molecule has 0 rings (SSSR count). The van der Waals surface area contributed by atoms with Gasteiger partial charge in [-0.25, -0.2) is 8.42 Å². The van der Waals surface area contributed by atoms with Gasteiger partial charge in [-0.1, -0.05) is 13.3 Å². The summed E-state index contributed by atoms with van der Waals surface area (Å²) in [6, 6.07) is 0. The zero-order valence-corrected chi connectivity index (χ0v) is 11.6. The molecule has 0 aromatic carbocycles. The van der Waals surface area contributed by atoms with E-state index < -0.39 is 15.9 Å². The number of thioether (sulfide) groups is 1. The normalized spacial score (nSPS) is 13.9. The quantitative estimate of drug-likeness (QED) is 0.599. The van der Waals surface area contributed by atoms with E-state index in [1.807, 2.05) is 0 Å². The Labute approximate surface area is 103 Å². The molecule has 98 valence electrons. The third-order valence-electron chi connectivity index (χ3n) is 1.86. The second-order valence-corrected chi connectivity index (χ2v) is 7.20. The summed E-state index contributed by atoms with van der Waals surface area (Å²) in [6.07, 6.45) is 2.81. The molecule has 4 nitrogen and oxygen atoms in total. The Balaban J connectivity index is 3.33. The average Bonchev–Trinajstić information content (AvgIpc) is 2.18. The Bertz CT molecular complexity index is 252. The largest absolute Gasteiger partial charge is 0.390 e. The maximum Gasteiger partial charge on any atom is 0.148 e. The van der Waals surface area contributed by atoms with Gasteiger partial charge in [-0.3, -0.25) is 0 Å². The first kappa shape index (κ1) is 16.2. The van der Waals surface area contributed by atoms with Gasteiger partial charge in [-0.2, -0.15) is 11.8 Å². The lowest BCUT2D eigenvalue weighted by Gasteiger charge is -2.10. The molecule has 0 radical (unpaired) electrons. The highest BCUT2D eigenvalue weighted by atomic mass is 32.2. The van der Waals surface area contributed by atoms with E-state index >= 15 is 0 Å². The molecule has 0 aliphatic carbocycles. The summed E-state index contributed by atoms with van der Waals surface area (Å²) in [5.41, 5.74) is 0. The number of sulfone groups is 1. The van der Waals surface area contributed by atoms with Crippen molar-refractivity contribution in [2.75, 3.05) is 36.7 Å². The molecule has 0 aromatic rings. The highest BCUT2D eigenvalue weighted by Crippen LogP contribution is 2.04. The second-order valence-electron chi connectivity index (χ2n) is 3.79. The van der Waals surface area contributed by atoms with Crippen molar-refractivity contribution in [3.63, 3.8) is 0 Å². The molecule has 0 saturated heterocycles. The minimum atomic E-state index is -2.88. The zero-order chi connectivity index (χ0) is 12.4. The van der Waals surface area contributed by atoms with Crippen LogP contribution in [0.2, 0.25) is 0 Å². The monoisotopic (exact) mass is 270 g/mol. The van der Waals surface area contributed by atoms with Gasteiger partial charge in [0.25, 0.3) is 0 Å². The lowest BCUT2D eigenvalue weighted by Crippen LogP contribution is -2.19. The molecule has 16 heavy (non-hydrogen) atoms. The third-order valence-corrected chi connectivity index (χ3v) is 4.18. The molecule has 0 aliphatic rings. The van der Waals surface area contributed by atoms with Crippen LogP contribution in [-0.2, 0) is 14.6 Å². The number of hydrogen-bond donors (Lipinski definition) is 1. The number of aliphatic hydroxyl groups excluding tert-OH is 1. The van der Waals surface area contributed by atoms with E-state index in [1.165, 1.54) is 18.0 Å². The Morgan fingerprint density at radius 2 is 2.12 bits per heavy atom. The van der Waals surface area contributed by atoms with Gasteiger partial charge in [0, 0.05) is 24.4 Å². The van der Waals surface area contributed by atoms with Gasteiger partial charge >= 0.3 is 0 Å². The first-order valence-electron chi connectivity index (χ1n) is 5.47. The molecule has 0 saturated carbocycles. The van der Waals surface area contributed by atoms with Crippen molar-refractivity contribution in [2.24, 2.45) is 0 Å². The average molecular weight is 270 g/mol. The van der Waals surface area contributed by atoms with Gasteiger partial charge in [0.1, 0.15) is 9.84 Å². The minimum absolute atomic E-state index is 0.168. The van der Waals surface area contributed by atoms with Gasteiger partial charge in [0.15, 0.2) is 0 Å². The molecular weight excluding hydrogens is 248 g/mol. The van der Waals surface area contributed by atoms with Crippen molar-refractivity contribution in [1.82, 2.24) is 0 Å². The van der Waals surface area contributed by atoms with Crippen molar-refractivity contribution in [3.8, 4) is 0 Å². The van der Waals surface area contributed by atoms with E-state index in [1.54, 1.807) is 0 Å².